The maximum Gasteiger partial charge on any atom is 0.274 e. The number of carbonyl (C=O) groups excluding carboxylic acids is 2. The summed E-state index contributed by atoms with van der Waals surface area (Å²) in [7, 11) is 0. The van der Waals surface area contributed by atoms with Crippen molar-refractivity contribution in [3.63, 3.8) is 0 Å². The number of para-hydroxylation sites is 2. The molecule has 0 spiro atoms. The Morgan fingerprint density at radius 3 is 2.54 bits per heavy atom. The van der Waals surface area contributed by atoms with E-state index < -0.39 is 23.2 Å². The number of hydrogen-bond acceptors (Lipinski definition) is 3. The molecule has 1 N–H and O–H groups in total. The maximum atomic E-state index is 13.7. The number of benzene rings is 2. The molecule has 7 heteroatoms. The molecule has 1 aliphatic heterocycles. The highest BCUT2D eigenvalue weighted by Gasteiger charge is 2.26. The van der Waals surface area contributed by atoms with E-state index in [1.54, 1.807) is 4.90 Å². The van der Waals surface area contributed by atoms with Crippen molar-refractivity contribution in [2.45, 2.75) is 6.42 Å². The smallest absolute Gasteiger partial charge is 0.274 e. The van der Waals surface area contributed by atoms with Crippen LogP contribution in [0.25, 0.3) is 0 Å². The van der Waals surface area contributed by atoms with Gasteiger partial charge < -0.3 is 10.2 Å². The Morgan fingerprint density at radius 1 is 1.00 bits per heavy atom. The molecule has 0 atom stereocenters. The van der Waals surface area contributed by atoms with Crippen LogP contribution in [0, 0.1) is 11.6 Å². The zero-order valence-electron chi connectivity index (χ0n) is 14.7. The van der Waals surface area contributed by atoms with Gasteiger partial charge >= 0.3 is 0 Å². The van der Waals surface area contributed by atoms with Crippen LogP contribution in [0.15, 0.2) is 60.8 Å². The summed E-state index contributed by atoms with van der Waals surface area (Å²) in [5.74, 6) is -2.86. The minimum absolute atomic E-state index is 0.110. The number of nitrogens with zero attached hydrogens (tertiary/aromatic N) is 2. The molecule has 5 nitrogen and oxygen atoms in total. The van der Waals surface area contributed by atoms with E-state index in [1.807, 2.05) is 24.3 Å². The van der Waals surface area contributed by atoms with Gasteiger partial charge in [0.1, 0.15) is 23.0 Å². The van der Waals surface area contributed by atoms with Crippen molar-refractivity contribution in [1.29, 1.82) is 0 Å². The molecular weight excluding hydrogens is 364 g/mol. The summed E-state index contributed by atoms with van der Waals surface area (Å²) in [6.45, 7) is 0.544. The van der Waals surface area contributed by atoms with Gasteiger partial charge in [0.2, 0.25) is 0 Å². The highest BCUT2D eigenvalue weighted by molar-refractivity contribution is 6.09. The Hall–Kier alpha value is -3.61. The van der Waals surface area contributed by atoms with Crippen LogP contribution < -0.4 is 10.2 Å². The van der Waals surface area contributed by atoms with E-state index in [0.29, 0.717) is 6.54 Å². The van der Waals surface area contributed by atoms with Crippen molar-refractivity contribution in [3.8, 4) is 0 Å². The zero-order chi connectivity index (χ0) is 19.7. The lowest BCUT2D eigenvalue weighted by molar-refractivity contribution is 0.0989. The van der Waals surface area contributed by atoms with Gasteiger partial charge in [-0.05, 0) is 42.3 Å². The molecule has 2 heterocycles. The Labute approximate surface area is 159 Å². The fourth-order valence-corrected chi connectivity index (χ4v) is 3.19. The fourth-order valence-electron chi connectivity index (χ4n) is 3.19. The molecule has 2 aromatic carbocycles. The standard InChI is InChI=1S/C21H15F2N3O2/c22-15-5-3-6-16(23)19(15)25-20(27)17-12-14(8-10-24-17)21(28)26-11-9-13-4-1-2-7-18(13)26/h1-8,10,12H,9,11H2,(H,25,27). The Morgan fingerprint density at radius 2 is 1.75 bits per heavy atom. The Kier molecular flexibility index (Phi) is 4.57. The molecule has 0 bridgehead atoms. The predicted molar refractivity (Wildman–Crippen MR) is 100 cm³/mol. The van der Waals surface area contributed by atoms with Crippen molar-refractivity contribution < 1.29 is 18.4 Å². The van der Waals surface area contributed by atoms with Crippen LogP contribution in [0.2, 0.25) is 0 Å². The van der Waals surface area contributed by atoms with Crippen molar-refractivity contribution in [3.05, 3.63) is 89.2 Å². The number of halogens is 2. The molecule has 4 rings (SSSR count). The number of pyridine rings is 1. The highest BCUT2D eigenvalue weighted by Crippen LogP contribution is 2.29. The van der Waals surface area contributed by atoms with Gasteiger partial charge in [-0.1, -0.05) is 24.3 Å². The minimum atomic E-state index is -0.894. The first-order chi connectivity index (χ1) is 13.5. The van der Waals surface area contributed by atoms with Crippen molar-refractivity contribution in [2.24, 2.45) is 0 Å². The van der Waals surface area contributed by atoms with Gasteiger partial charge in [0.25, 0.3) is 11.8 Å². The molecule has 28 heavy (non-hydrogen) atoms. The van der Waals surface area contributed by atoms with E-state index in [2.05, 4.69) is 10.3 Å². The largest absolute Gasteiger partial charge is 0.316 e. The summed E-state index contributed by atoms with van der Waals surface area (Å²) >= 11 is 0. The monoisotopic (exact) mass is 379 g/mol. The predicted octanol–water partition coefficient (Wildman–Crippen LogP) is 3.82. The Bertz CT molecular complexity index is 1060. The average molecular weight is 379 g/mol. The average Bonchev–Trinajstić information content (AvgIpc) is 3.14. The van der Waals surface area contributed by atoms with Crippen molar-refractivity contribution in [1.82, 2.24) is 4.98 Å². The van der Waals surface area contributed by atoms with Crippen molar-refractivity contribution in [2.75, 3.05) is 16.8 Å². The van der Waals surface area contributed by atoms with E-state index in [0.717, 1.165) is 29.8 Å². The summed E-state index contributed by atoms with van der Waals surface area (Å²) < 4.78 is 27.5. The van der Waals surface area contributed by atoms with Crippen LogP contribution in [0.1, 0.15) is 26.4 Å². The summed E-state index contributed by atoms with van der Waals surface area (Å²) in [6.07, 6.45) is 2.08. The van der Waals surface area contributed by atoms with Crippen LogP contribution in [0.4, 0.5) is 20.2 Å². The first-order valence-corrected chi connectivity index (χ1v) is 8.66. The second-order valence-corrected chi connectivity index (χ2v) is 6.32. The first kappa shape index (κ1) is 17.8. The maximum absolute atomic E-state index is 13.7. The third kappa shape index (κ3) is 3.22. The van der Waals surface area contributed by atoms with Crippen LogP contribution in [-0.2, 0) is 6.42 Å². The van der Waals surface area contributed by atoms with Gasteiger partial charge in [-0.2, -0.15) is 0 Å². The molecule has 1 aliphatic rings. The van der Waals surface area contributed by atoms with Gasteiger partial charge in [-0.25, -0.2) is 8.78 Å². The van der Waals surface area contributed by atoms with Crippen LogP contribution in [-0.4, -0.2) is 23.3 Å². The van der Waals surface area contributed by atoms with E-state index in [9.17, 15) is 18.4 Å². The lowest BCUT2D eigenvalue weighted by Crippen LogP contribution is -2.29. The summed E-state index contributed by atoms with van der Waals surface area (Å²) in [5, 5.41) is 2.17. The zero-order valence-corrected chi connectivity index (χ0v) is 14.7. The number of fused-ring (bicyclic) bond motifs is 1. The normalized spacial score (nSPS) is 12.6. The number of hydrogen-bond donors (Lipinski definition) is 1. The van der Waals surface area contributed by atoms with Gasteiger partial charge in [0, 0.05) is 24.0 Å². The molecule has 0 unspecified atom stereocenters. The van der Waals surface area contributed by atoms with Crippen LogP contribution >= 0.6 is 0 Å². The van der Waals surface area contributed by atoms with Gasteiger partial charge in [0.05, 0.1) is 0 Å². The number of rotatable bonds is 3. The second-order valence-electron chi connectivity index (χ2n) is 6.32. The summed E-state index contributed by atoms with van der Waals surface area (Å²) in [6, 6.07) is 13.7. The van der Waals surface area contributed by atoms with Gasteiger partial charge in [0.15, 0.2) is 0 Å². The number of carbonyl (C=O) groups is 2. The molecule has 0 aliphatic carbocycles. The minimum Gasteiger partial charge on any atom is -0.316 e. The van der Waals surface area contributed by atoms with Crippen LogP contribution in [0.3, 0.4) is 0 Å². The summed E-state index contributed by atoms with van der Waals surface area (Å²) in [5.41, 5.74) is 1.52. The molecule has 2 amide bonds. The van der Waals surface area contributed by atoms with Gasteiger partial charge in [-0.15, -0.1) is 0 Å². The number of anilines is 2. The molecule has 140 valence electrons. The van der Waals surface area contributed by atoms with Crippen LogP contribution in [0.5, 0.6) is 0 Å². The molecule has 0 saturated carbocycles. The molecule has 1 aromatic heterocycles. The quantitative estimate of drug-likeness (QED) is 0.753. The third-order valence-corrected chi connectivity index (χ3v) is 4.57. The number of nitrogens with one attached hydrogen (secondary N) is 1. The fraction of sp³-hybridized carbons (Fsp3) is 0.0952. The molecular formula is C21H15F2N3O2. The van der Waals surface area contributed by atoms with E-state index >= 15 is 0 Å². The second kappa shape index (κ2) is 7.19. The highest BCUT2D eigenvalue weighted by atomic mass is 19.1. The Balaban J connectivity index is 1.58. The lowest BCUT2D eigenvalue weighted by atomic mass is 10.1. The topological polar surface area (TPSA) is 62.3 Å². The molecule has 0 radical (unpaired) electrons. The number of amides is 2. The lowest BCUT2D eigenvalue weighted by Gasteiger charge is -2.17. The van der Waals surface area contributed by atoms with Crippen molar-refractivity contribution >= 4 is 23.2 Å². The van der Waals surface area contributed by atoms with Gasteiger partial charge in [-0.3, -0.25) is 14.6 Å². The summed E-state index contributed by atoms with van der Waals surface area (Å²) in [4.78, 5) is 30.8. The van der Waals surface area contributed by atoms with E-state index in [-0.39, 0.29) is 17.2 Å². The molecule has 0 saturated heterocycles. The third-order valence-electron chi connectivity index (χ3n) is 4.57. The molecule has 0 fully saturated rings. The SMILES string of the molecule is O=C(Nc1c(F)cccc1F)c1cc(C(=O)N2CCc3ccccc32)ccn1. The number of aromatic nitrogens is 1. The van der Waals surface area contributed by atoms with E-state index in [1.165, 1.54) is 24.4 Å². The molecule has 3 aromatic rings. The van der Waals surface area contributed by atoms with E-state index in [4.69, 9.17) is 0 Å². The first-order valence-electron chi connectivity index (χ1n) is 8.66.